The van der Waals surface area contributed by atoms with Crippen molar-refractivity contribution in [1.82, 2.24) is 5.32 Å². The highest BCUT2D eigenvalue weighted by atomic mass is 16.5. The van der Waals surface area contributed by atoms with Crippen molar-refractivity contribution in [3.63, 3.8) is 0 Å². The summed E-state index contributed by atoms with van der Waals surface area (Å²) in [5.74, 6) is -3.14. The first-order valence-corrected chi connectivity index (χ1v) is 4.60. The molecule has 1 rings (SSSR count). The van der Waals surface area contributed by atoms with Gasteiger partial charge in [-0.3, -0.25) is 14.4 Å². The van der Waals surface area contributed by atoms with Gasteiger partial charge in [0.2, 0.25) is 0 Å². The molecular formula is C9H13NO5. The summed E-state index contributed by atoms with van der Waals surface area (Å²) in [7, 11) is 0. The summed E-state index contributed by atoms with van der Waals surface area (Å²) in [5.41, 5.74) is -2.02. The average molecular weight is 215 g/mol. The molecule has 1 aliphatic heterocycles. The number of esters is 1. The van der Waals surface area contributed by atoms with E-state index >= 15 is 0 Å². The van der Waals surface area contributed by atoms with Crippen molar-refractivity contribution >= 4 is 17.8 Å². The van der Waals surface area contributed by atoms with Crippen LogP contribution in [0, 0.1) is 11.3 Å². The van der Waals surface area contributed by atoms with Gasteiger partial charge in [0, 0.05) is 0 Å². The number of β-lactam (4-membered cyclic amide) rings is 1. The zero-order valence-corrected chi connectivity index (χ0v) is 8.57. The summed E-state index contributed by atoms with van der Waals surface area (Å²) < 4.78 is 4.76. The third-order valence-electron chi connectivity index (χ3n) is 2.16. The van der Waals surface area contributed by atoms with Gasteiger partial charge in [-0.05, 0) is 5.92 Å². The molecule has 0 aromatic rings. The minimum atomic E-state index is -2.02. The molecule has 0 saturated carbocycles. The van der Waals surface area contributed by atoms with E-state index in [-0.39, 0.29) is 19.1 Å². The summed E-state index contributed by atoms with van der Waals surface area (Å²) in [5, 5.41) is 11.1. The monoisotopic (exact) mass is 215 g/mol. The van der Waals surface area contributed by atoms with Gasteiger partial charge in [-0.1, -0.05) is 13.8 Å². The molecule has 2 N–H and O–H groups in total. The number of ether oxygens (including phenoxy) is 1. The molecule has 0 radical (unpaired) electrons. The van der Waals surface area contributed by atoms with E-state index in [1.54, 1.807) is 0 Å². The molecule has 1 unspecified atom stereocenters. The number of amides is 1. The van der Waals surface area contributed by atoms with Crippen molar-refractivity contribution in [1.29, 1.82) is 0 Å². The Bertz CT molecular complexity index is 302. The normalized spacial score (nSPS) is 24.3. The van der Waals surface area contributed by atoms with E-state index in [9.17, 15) is 14.4 Å². The van der Waals surface area contributed by atoms with Crippen LogP contribution >= 0.6 is 0 Å². The lowest BCUT2D eigenvalue weighted by Gasteiger charge is -2.34. The fourth-order valence-corrected chi connectivity index (χ4v) is 1.13. The Morgan fingerprint density at radius 1 is 1.60 bits per heavy atom. The zero-order chi connectivity index (χ0) is 11.6. The van der Waals surface area contributed by atoms with Crippen LogP contribution in [-0.2, 0) is 19.1 Å². The molecule has 0 aromatic carbocycles. The molecule has 0 aromatic heterocycles. The summed E-state index contributed by atoms with van der Waals surface area (Å²) in [6, 6.07) is 0. The zero-order valence-electron chi connectivity index (χ0n) is 8.57. The summed E-state index contributed by atoms with van der Waals surface area (Å²) in [6.45, 7) is 3.56. The molecular weight excluding hydrogens is 202 g/mol. The van der Waals surface area contributed by atoms with Gasteiger partial charge in [-0.2, -0.15) is 0 Å². The fraction of sp³-hybridized carbons (Fsp3) is 0.667. The van der Waals surface area contributed by atoms with Gasteiger partial charge in [-0.25, -0.2) is 0 Å². The van der Waals surface area contributed by atoms with Crippen LogP contribution in [0.3, 0.4) is 0 Å². The van der Waals surface area contributed by atoms with Crippen LogP contribution < -0.4 is 5.32 Å². The second kappa shape index (κ2) is 3.88. The van der Waals surface area contributed by atoms with Gasteiger partial charge >= 0.3 is 11.9 Å². The Hall–Kier alpha value is -1.59. The van der Waals surface area contributed by atoms with Gasteiger partial charge in [0.25, 0.3) is 11.3 Å². The van der Waals surface area contributed by atoms with Gasteiger partial charge in [-0.15, -0.1) is 0 Å². The van der Waals surface area contributed by atoms with Crippen LogP contribution in [0.15, 0.2) is 0 Å². The first-order valence-electron chi connectivity index (χ1n) is 4.60. The average Bonchev–Trinajstić information content (AvgIpc) is 2.12. The van der Waals surface area contributed by atoms with Crippen molar-refractivity contribution in [2.75, 3.05) is 13.2 Å². The lowest BCUT2D eigenvalue weighted by atomic mass is 9.81. The predicted molar refractivity (Wildman–Crippen MR) is 48.9 cm³/mol. The number of rotatable bonds is 4. The second-order valence-corrected chi connectivity index (χ2v) is 3.89. The van der Waals surface area contributed by atoms with Crippen LogP contribution in [-0.4, -0.2) is 36.1 Å². The smallest absolute Gasteiger partial charge is 0.335 e. The SMILES string of the molecule is CC(C)COC(=O)C1(C(=O)O)CNC1=O. The number of carboxylic acid groups (broad SMARTS) is 1. The third-order valence-corrected chi connectivity index (χ3v) is 2.16. The summed E-state index contributed by atoms with van der Waals surface area (Å²) in [6.07, 6.45) is 0. The summed E-state index contributed by atoms with van der Waals surface area (Å²) >= 11 is 0. The first kappa shape index (κ1) is 11.5. The van der Waals surface area contributed by atoms with Gasteiger partial charge in [0.1, 0.15) is 0 Å². The highest BCUT2D eigenvalue weighted by molar-refractivity contribution is 6.22. The van der Waals surface area contributed by atoms with E-state index in [0.717, 1.165) is 0 Å². The lowest BCUT2D eigenvalue weighted by Crippen LogP contribution is -2.67. The molecule has 0 aliphatic carbocycles. The van der Waals surface area contributed by atoms with Crippen LogP contribution in [0.2, 0.25) is 0 Å². The van der Waals surface area contributed by atoms with E-state index < -0.39 is 23.3 Å². The Morgan fingerprint density at radius 2 is 2.20 bits per heavy atom. The third kappa shape index (κ3) is 1.79. The first-order chi connectivity index (χ1) is 6.91. The lowest BCUT2D eigenvalue weighted by molar-refractivity contribution is -0.178. The number of carboxylic acids is 1. The molecule has 1 heterocycles. The number of nitrogens with one attached hydrogen (secondary N) is 1. The van der Waals surface area contributed by atoms with Crippen LogP contribution in [0.4, 0.5) is 0 Å². The maximum absolute atomic E-state index is 11.4. The molecule has 0 spiro atoms. The number of hydrogen-bond acceptors (Lipinski definition) is 4. The standard InChI is InChI=1S/C9H13NO5/c1-5(2)3-15-8(14)9(7(12)13)4-10-6(9)11/h5H,3-4H2,1-2H3,(H,10,11)(H,12,13). The highest BCUT2D eigenvalue weighted by Crippen LogP contribution is 2.26. The quantitative estimate of drug-likeness (QED) is 0.370. The minimum Gasteiger partial charge on any atom is -0.480 e. The van der Waals surface area contributed by atoms with Crippen LogP contribution in [0.5, 0.6) is 0 Å². The largest absolute Gasteiger partial charge is 0.480 e. The predicted octanol–water partition coefficient (Wildman–Crippen LogP) is -0.614. The maximum Gasteiger partial charge on any atom is 0.335 e. The fourth-order valence-electron chi connectivity index (χ4n) is 1.13. The molecule has 1 fully saturated rings. The van der Waals surface area contributed by atoms with Crippen molar-refractivity contribution in [3.8, 4) is 0 Å². The van der Waals surface area contributed by atoms with Crippen molar-refractivity contribution < 1.29 is 24.2 Å². The Balaban J connectivity index is 2.70. The van der Waals surface area contributed by atoms with E-state index in [2.05, 4.69) is 5.32 Å². The van der Waals surface area contributed by atoms with Crippen molar-refractivity contribution in [2.45, 2.75) is 13.8 Å². The van der Waals surface area contributed by atoms with Gasteiger partial charge in [0.05, 0.1) is 13.2 Å². The Morgan fingerprint density at radius 3 is 2.47 bits per heavy atom. The van der Waals surface area contributed by atoms with Crippen LogP contribution in [0.25, 0.3) is 0 Å². The highest BCUT2D eigenvalue weighted by Gasteiger charge is 2.61. The molecule has 1 saturated heterocycles. The molecule has 1 amide bonds. The molecule has 1 atom stereocenters. The van der Waals surface area contributed by atoms with E-state index in [0.29, 0.717) is 0 Å². The maximum atomic E-state index is 11.4. The van der Waals surface area contributed by atoms with Crippen LogP contribution in [0.1, 0.15) is 13.8 Å². The molecule has 6 heteroatoms. The van der Waals surface area contributed by atoms with E-state index in [1.165, 1.54) is 0 Å². The van der Waals surface area contributed by atoms with Gasteiger partial charge in [0.15, 0.2) is 0 Å². The van der Waals surface area contributed by atoms with Crippen molar-refractivity contribution in [2.24, 2.45) is 11.3 Å². The van der Waals surface area contributed by atoms with Crippen molar-refractivity contribution in [3.05, 3.63) is 0 Å². The minimum absolute atomic E-state index is 0.0999. The van der Waals surface area contributed by atoms with E-state index in [4.69, 9.17) is 9.84 Å². The molecule has 15 heavy (non-hydrogen) atoms. The molecule has 1 aliphatic rings. The van der Waals surface area contributed by atoms with E-state index in [1.807, 2.05) is 13.8 Å². The number of hydrogen-bond donors (Lipinski definition) is 2. The molecule has 6 nitrogen and oxygen atoms in total. The second-order valence-electron chi connectivity index (χ2n) is 3.89. The Labute approximate surface area is 86.6 Å². The van der Waals surface area contributed by atoms with Gasteiger partial charge < -0.3 is 15.2 Å². The summed E-state index contributed by atoms with van der Waals surface area (Å²) in [4.78, 5) is 33.4. The Kier molecular flexibility index (Phi) is 2.97. The molecule has 84 valence electrons. The topological polar surface area (TPSA) is 92.7 Å². The number of carbonyl (C=O) groups is 3. The number of carbonyl (C=O) groups excluding carboxylic acids is 2. The number of aliphatic carboxylic acids is 1. The molecule has 0 bridgehead atoms.